The fraction of sp³-hybridized carbons (Fsp3) is 0.360. The number of rotatable bonds is 4. The average molecular weight is 375 g/mol. The maximum atomic E-state index is 6.57. The molecule has 140 valence electrons. The molecule has 4 atom stereocenters. The van der Waals surface area contributed by atoms with Crippen molar-refractivity contribution in [3.05, 3.63) is 84.5 Å². The molecule has 2 heteroatoms. The van der Waals surface area contributed by atoms with E-state index >= 15 is 0 Å². The summed E-state index contributed by atoms with van der Waals surface area (Å²) >= 11 is 0. The highest BCUT2D eigenvalue weighted by Crippen LogP contribution is 2.47. The van der Waals surface area contributed by atoms with Gasteiger partial charge in [-0.3, -0.25) is 0 Å². The van der Waals surface area contributed by atoms with E-state index < -0.39 is 8.07 Å². The molecule has 1 aliphatic heterocycles. The van der Waals surface area contributed by atoms with Crippen LogP contribution in [0, 0.1) is 17.8 Å². The third-order valence-corrected chi connectivity index (χ3v) is 9.18. The summed E-state index contributed by atoms with van der Waals surface area (Å²) in [6.07, 6.45) is 10.4. The molecular formula is C25H30OSi. The van der Waals surface area contributed by atoms with Crippen LogP contribution < -0.4 is 5.19 Å². The van der Waals surface area contributed by atoms with Gasteiger partial charge in [-0.05, 0) is 41.7 Å². The van der Waals surface area contributed by atoms with E-state index in [1.165, 1.54) is 24.0 Å². The molecule has 1 fully saturated rings. The SMILES string of the molecule is C=CC1CC(/C=C/c2ccccc2)C(C2OC[Si](C)(C)c3ccccc32)C1. The van der Waals surface area contributed by atoms with Gasteiger partial charge in [-0.2, -0.15) is 0 Å². The van der Waals surface area contributed by atoms with Crippen LogP contribution in [-0.2, 0) is 4.74 Å². The van der Waals surface area contributed by atoms with Gasteiger partial charge < -0.3 is 4.74 Å². The Balaban J connectivity index is 1.64. The minimum Gasteiger partial charge on any atom is -0.376 e. The number of fused-ring (bicyclic) bond motifs is 1. The van der Waals surface area contributed by atoms with Crippen molar-refractivity contribution >= 4 is 19.3 Å². The van der Waals surface area contributed by atoms with Crippen LogP contribution in [0.2, 0.25) is 13.1 Å². The summed E-state index contributed by atoms with van der Waals surface area (Å²) < 4.78 is 6.57. The van der Waals surface area contributed by atoms with Gasteiger partial charge in [-0.1, -0.05) is 91.1 Å². The summed E-state index contributed by atoms with van der Waals surface area (Å²) in [5.74, 6) is 1.65. The zero-order valence-electron chi connectivity index (χ0n) is 16.5. The zero-order valence-corrected chi connectivity index (χ0v) is 17.5. The van der Waals surface area contributed by atoms with Crippen LogP contribution >= 0.6 is 0 Å². The molecule has 1 nitrogen and oxygen atoms in total. The molecule has 0 N–H and O–H groups in total. The molecule has 1 heterocycles. The second-order valence-electron chi connectivity index (χ2n) is 8.77. The number of hydrogen-bond acceptors (Lipinski definition) is 1. The normalized spacial score (nSPS) is 29.6. The highest BCUT2D eigenvalue weighted by atomic mass is 28.3. The maximum absolute atomic E-state index is 6.57. The first-order chi connectivity index (χ1) is 13.1. The van der Waals surface area contributed by atoms with Crippen LogP contribution in [-0.4, -0.2) is 14.3 Å². The van der Waals surface area contributed by atoms with Crippen molar-refractivity contribution in [2.24, 2.45) is 17.8 Å². The molecule has 4 rings (SSSR count). The molecule has 0 spiro atoms. The third-order valence-electron chi connectivity index (χ3n) is 6.38. The van der Waals surface area contributed by atoms with Gasteiger partial charge in [-0.25, -0.2) is 0 Å². The Bertz CT molecular complexity index is 823. The van der Waals surface area contributed by atoms with Crippen molar-refractivity contribution in [2.75, 3.05) is 6.23 Å². The molecule has 0 saturated heterocycles. The molecule has 2 aromatic carbocycles. The standard InChI is InChI=1S/C25H30OSi/c1-4-19-16-21(15-14-20-10-6-5-7-11-20)23(17-19)25-22-12-8-9-13-24(22)27(2,3)18-26-25/h4-15,19,21,23,25H,1,16-18H2,2-3H3/b15-14+. The zero-order chi connectivity index (χ0) is 18.9. The van der Waals surface area contributed by atoms with Crippen LogP contribution in [0.5, 0.6) is 0 Å². The van der Waals surface area contributed by atoms with Crippen LogP contribution in [0.1, 0.15) is 30.1 Å². The fourth-order valence-electron chi connectivity index (χ4n) is 4.89. The fourth-order valence-corrected chi connectivity index (χ4v) is 7.19. The second kappa shape index (κ2) is 7.61. The summed E-state index contributed by atoms with van der Waals surface area (Å²) in [4.78, 5) is 0. The lowest BCUT2D eigenvalue weighted by atomic mass is 9.86. The molecule has 1 aliphatic carbocycles. The topological polar surface area (TPSA) is 9.23 Å². The Morgan fingerprint density at radius 1 is 1.00 bits per heavy atom. The molecule has 0 amide bonds. The van der Waals surface area contributed by atoms with Crippen LogP contribution in [0.4, 0.5) is 0 Å². The minimum absolute atomic E-state index is 0.220. The quantitative estimate of drug-likeness (QED) is 0.489. The van der Waals surface area contributed by atoms with Crippen molar-refractivity contribution < 1.29 is 4.74 Å². The average Bonchev–Trinajstić information content (AvgIpc) is 3.10. The monoisotopic (exact) mass is 374 g/mol. The van der Waals surface area contributed by atoms with Crippen LogP contribution in [0.15, 0.2) is 73.3 Å². The van der Waals surface area contributed by atoms with Gasteiger partial charge in [-0.15, -0.1) is 6.58 Å². The van der Waals surface area contributed by atoms with Gasteiger partial charge in [0.15, 0.2) is 0 Å². The summed E-state index contributed by atoms with van der Waals surface area (Å²) in [5, 5.41) is 1.59. The number of benzene rings is 2. The molecule has 0 aromatic heterocycles. The maximum Gasteiger partial charge on any atom is 0.110 e. The van der Waals surface area contributed by atoms with E-state index in [4.69, 9.17) is 4.74 Å². The third kappa shape index (κ3) is 3.74. The molecule has 1 saturated carbocycles. The number of hydrogen-bond donors (Lipinski definition) is 0. The van der Waals surface area contributed by atoms with Gasteiger partial charge in [0.1, 0.15) is 8.07 Å². The Labute approximate surface area is 164 Å². The smallest absolute Gasteiger partial charge is 0.110 e. The molecule has 27 heavy (non-hydrogen) atoms. The largest absolute Gasteiger partial charge is 0.376 e. The van der Waals surface area contributed by atoms with E-state index in [1.54, 1.807) is 5.19 Å². The highest BCUT2D eigenvalue weighted by molar-refractivity contribution is 6.90. The van der Waals surface area contributed by atoms with Gasteiger partial charge in [0.25, 0.3) is 0 Å². The molecule has 0 radical (unpaired) electrons. The summed E-state index contributed by atoms with van der Waals surface area (Å²) in [5.41, 5.74) is 2.73. The first-order valence-electron chi connectivity index (χ1n) is 10.2. The molecule has 4 unspecified atom stereocenters. The Hall–Kier alpha value is -1.90. The van der Waals surface area contributed by atoms with Gasteiger partial charge >= 0.3 is 0 Å². The second-order valence-corrected chi connectivity index (χ2v) is 13.4. The van der Waals surface area contributed by atoms with Crippen molar-refractivity contribution in [1.82, 2.24) is 0 Å². The van der Waals surface area contributed by atoms with E-state index in [9.17, 15) is 0 Å². The predicted octanol–water partition coefficient (Wildman–Crippen LogP) is 5.75. The van der Waals surface area contributed by atoms with E-state index in [1.807, 2.05) is 0 Å². The molecule has 0 bridgehead atoms. The lowest BCUT2D eigenvalue weighted by Gasteiger charge is -2.39. The summed E-state index contributed by atoms with van der Waals surface area (Å²) in [7, 11) is -1.48. The van der Waals surface area contributed by atoms with E-state index in [0.717, 1.165) is 6.23 Å². The minimum atomic E-state index is -1.48. The Morgan fingerprint density at radius 3 is 2.52 bits per heavy atom. The van der Waals surface area contributed by atoms with Crippen LogP contribution in [0.3, 0.4) is 0 Å². The van der Waals surface area contributed by atoms with Crippen molar-refractivity contribution in [2.45, 2.75) is 32.0 Å². The molecule has 2 aromatic rings. The van der Waals surface area contributed by atoms with Gasteiger partial charge in [0.05, 0.1) is 6.10 Å². The van der Waals surface area contributed by atoms with E-state index in [2.05, 4.69) is 92.5 Å². The van der Waals surface area contributed by atoms with Gasteiger partial charge in [0, 0.05) is 6.23 Å². The first kappa shape index (κ1) is 18.5. The lowest BCUT2D eigenvalue weighted by molar-refractivity contribution is 0.0234. The molecular weight excluding hydrogens is 344 g/mol. The number of ether oxygens (including phenoxy) is 1. The summed E-state index contributed by atoms with van der Waals surface area (Å²) in [6, 6.07) is 19.7. The lowest BCUT2D eigenvalue weighted by Crippen LogP contribution is -2.53. The van der Waals surface area contributed by atoms with Crippen LogP contribution in [0.25, 0.3) is 6.08 Å². The Kier molecular flexibility index (Phi) is 5.20. The van der Waals surface area contributed by atoms with Crippen molar-refractivity contribution in [3.8, 4) is 0 Å². The predicted molar refractivity (Wildman–Crippen MR) is 118 cm³/mol. The highest BCUT2D eigenvalue weighted by Gasteiger charge is 2.43. The van der Waals surface area contributed by atoms with Crippen molar-refractivity contribution in [3.63, 3.8) is 0 Å². The molecule has 2 aliphatic rings. The first-order valence-corrected chi connectivity index (χ1v) is 13.4. The van der Waals surface area contributed by atoms with E-state index in [-0.39, 0.29) is 6.10 Å². The van der Waals surface area contributed by atoms with Crippen molar-refractivity contribution in [1.29, 1.82) is 0 Å². The summed E-state index contributed by atoms with van der Waals surface area (Å²) in [6.45, 7) is 8.94. The Morgan fingerprint density at radius 2 is 1.74 bits per heavy atom. The van der Waals surface area contributed by atoms with Gasteiger partial charge in [0.2, 0.25) is 0 Å². The number of allylic oxidation sites excluding steroid dienone is 2. The van der Waals surface area contributed by atoms with E-state index in [0.29, 0.717) is 17.8 Å².